The second kappa shape index (κ2) is 5.36. The van der Waals surface area contributed by atoms with Gasteiger partial charge in [-0.3, -0.25) is 0 Å². The van der Waals surface area contributed by atoms with E-state index in [0.29, 0.717) is 31.9 Å². The Kier molecular flexibility index (Phi) is 3.94. The van der Waals surface area contributed by atoms with Crippen molar-refractivity contribution in [1.29, 1.82) is 0 Å². The molecule has 0 aromatic heterocycles. The average molecular weight is 287 g/mol. The van der Waals surface area contributed by atoms with Crippen LogP contribution in [0.4, 0.5) is 18.6 Å². The molecular formula is C12H15BF3N2O2-. The molecule has 1 saturated heterocycles. The van der Waals surface area contributed by atoms with Gasteiger partial charge < -0.3 is 28.3 Å². The van der Waals surface area contributed by atoms with E-state index in [9.17, 15) is 17.7 Å². The van der Waals surface area contributed by atoms with Gasteiger partial charge in [0.25, 0.3) is 0 Å². The van der Waals surface area contributed by atoms with Gasteiger partial charge in [-0.2, -0.15) is 0 Å². The number of halogens is 3. The molecule has 0 amide bonds. The first kappa shape index (κ1) is 14.7. The van der Waals surface area contributed by atoms with E-state index in [1.54, 1.807) is 4.90 Å². The van der Waals surface area contributed by atoms with Crippen LogP contribution < -0.4 is 15.7 Å². The number of nitrogens with one attached hydrogen (secondary N) is 1. The van der Waals surface area contributed by atoms with Gasteiger partial charge in [0.1, 0.15) is 0 Å². The Bertz CT molecular complexity index is 528. The number of carboxylic acids is 1. The van der Waals surface area contributed by atoms with Crippen molar-refractivity contribution in [1.82, 2.24) is 5.32 Å². The Morgan fingerprint density at radius 1 is 1.30 bits per heavy atom. The standard InChI is InChI=1S/C12H15BF3N2O2/c1-8-10(12(19)20)6-9(7-11(8)13(14,15)16)18-4-2-17-3-5-18/h6-7,17H,2-5H2,1H3,(H,19,20)/q-1. The summed E-state index contributed by atoms with van der Waals surface area (Å²) < 4.78 is 39.2. The van der Waals surface area contributed by atoms with E-state index in [1.807, 2.05) is 0 Å². The van der Waals surface area contributed by atoms with Gasteiger partial charge in [-0.15, -0.1) is 5.46 Å². The third-order valence-corrected chi connectivity index (χ3v) is 3.50. The first-order valence-electron chi connectivity index (χ1n) is 6.34. The van der Waals surface area contributed by atoms with Crippen molar-refractivity contribution < 1.29 is 22.8 Å². The Morgan fingerprint density at radius 3 is 2.40 bits per heavy atom. The number of carboxylic acid groups (broad SMARTS) is 1. The van der Waals surface area contributed by atoms with Crippen LogP contribution in [0.15, 0.2) is 12.1 Å². The number of benzene rings is 1. The van der Waals surface area contributed by atoms with E-state index in [-0.39, 0.29) is 11.1 Å². The minimum Gasteiger partial charge on any atom is -0.478 e. The molecule has 2 rings (SSSR count). The van der Waals surface area contributed by atoms with Crippen LogP contribution >= 0.6 is 0 Å². The summed E-state index contributed by atoms with van der Waals surface area (Å²) in [5.41, 5.74) is -0.999. The first-order valence-corrected chi connectivity index (χ1v) is 6.34. The van der Waals surface area contributed by atoms with Gasteiger partial charge in [-0.05, 0) is 13.0 Å². The van der Waals surface area contributed by atoms with Crippen molar-refractivity contribution in [2.75, 3.05) is 31.1 Å². The number of carbonyl (C=O) groups is 1. The summed E-state index contributed by atoms with van der Waals surface area (Å²) in [6.45, 7) is -1.56. The predicted octanol–water partition coefficient (Wildman–Crippen LogP) is 1.16. The number of hydrogen-bond donors (Lipinski definition) is 2. The van der Waals surface area contributed by atoms with Crippen LogP contribution in [0.25, 0.3) is 0 Å². The second-order valence-corrected chi connectivity index (χ2v) is 4.82. The molecule has 4 nitrogen and oxygen atoms in total. The van der Waals surface area contributed by atoms with E-state index in [1.165, 1.54) is 13.0 Å². The highest BCUT2D eigenvalue weighted by Crippen LogP contribution is 2.23. The van der Waals surface area contributed by atoms with Crippen LogP contribution in [-0.2, 0) is 0 Å². The van der Waals surface area contributed by atoms with Crippen molar-refractivity contribution >= 4 is 24.1 Å². The van der Waals surface area contributed by atoms with Crippen molar-refractivity contribution in [2.24, 2.45) is 0 Å². The molecule has 2 N–H and O–H groups in total. The van der Waals surface area contributed by atoms with E-state index in [2.05, 4.69) is 5.32 Å². The van der Waals surface area contributed by atoms with Crippen LogP contribution in [0.5, 0.6) is 0 Å². The van der Waals surface area contributed by atoms with Crippen LogP contribution in [0, 0.1) is 6.92 Å². The Hall–Kier alpha value is -1.70. The van der Waals surface area contributed by atoms with Crippen molar-refractivity contribution in [3.05, 3.63) is 23.3 Å². The summed E-state index contributed by atoms with van der Waals surface area (Å²) in [4.78, 5) is 12.9. The highest BCUT2D eigenvalue weighted by Gasteiger charge is 2.30. The third-order valence-electron chi connectivity index (χ3n) is 3.50. The smallest absolute Gasteiger partial charge is 0.478 e. The average Bonchev–Trinajstić information content (AvgIpc) is 2.38. The lowest BCUT2D eigenvalue weighted by molar-refractivity contribution is 0.0696. The zero-order chi connectivity index (χ0) is 14.9. The van der Waals surface area contributed by atoms with Crippen LogP contribution in [-0.4, -0.2) is 44.2 Å². The van der Waals surface area contributed by atoms with Crippen LogP contribution in [0.3, 0.4) is 0 Å². The normalized spacial score (nSPS) is 16.3. The molecule has 1 aromatic rings. The molecule has 0 atom stereocenters. The molecule has 0 spiro atoms. The van der Waals surface area contributed by atoms with Gasteiger partial charge in [-0.25, -0.2) is 4.79 Å². The maximum Gasteiger partial charge on any atom is 0.509 e. The molecule has 20 heavy (non-hydrogen) atoms. The minimum absolute atomic E-state index is 0.219. The highest BCUT2D eigenvalue weighted by atomic mass is 19.4. The fraction of sp³-hybridized carbons (Fsp3) is 0.417. The summed E-state index contributed by atoms with van der Waals surface area (Å²) >= 11 is 0. The quantitative estimate of drug-likeness (QED) is 0.819. The van der Waals surface area contributed by atoms with Gasteiger partial charge in [0, 0.05) is 31.9 Å². The van der Waals surface area contributed by atoms with E-state index in [0.717, 1.165) is 6.07 Å². The number of piperazine rings is 1. The Balaban J connectivity index is 2.52. The lowest BCUT2D eigenvalue weighted by Gasteiger charge is -2.31. The number of anilines is 1. The minimum atomic E-state index is -5.23. The number of hydrogen-bond acceptors (Lipinski definition) is 3. The highest BCUT2D eigenvalue weighted by molar-refractivity contribution is 6.74. The molecule has 0 saturated carbocycles. The molecule has 1 heterocycles. The molecule has 1 aliphatic heterocycles. The van der Waals surface area contributed by atoms with Gasteiger partial charge in [0.15, 0.2) is 0 Å². The van der Waals surface area contributed by atoms with E-state index >= 15 is 0 Å². The molecule has 0 aliphatic carbocycles. The Labute approximate surface area is 114 Å². The summed E-state index contributed by atoms with van der Waals surface area (Å²) in [5, 5.41) is 12.2. The summed E-state index contributed by atoms with van der Waals surface area (Å²) in [6.07, 6.45) is 0. The molecule has 110 valence electrons. The summed E-state index contributed by atoms with van der Waals surface area (Å²) in [7, 11) is 0. The van der Waals surface area contributed by atoms with Crippen molar-refractivity contribution in [2.45, 2.75) is 6.92 Å². The van der Waals surface area contributed by atoms with Crippen LogP contribution in [0.2, 0.25) is 0 Å². The molecule has 1 aromatic carbocycles. The van der Waals surface area contributed by atoms with Gasteiger partial charge >= 0.3 is 12.9 Å². The lowest BCUT2D eigenvalue weighted by Crippen LogP contribution is -2.45. The summed E-state index contributed by atoms with van der Waals surface area (Å²) in [6, 6.07) is 2.39. The maximum absolute atomic E-state index is 13.1. The van der Waals surface area contributed by atoms with Crippen molar-refractivity contribution in [3.63, 3.8) is 0 Å². The fourth-order valence-corrected chi connectivity index (χ4v) is 2.39. The van der Waals surface area contributed by atoms with E-state index < -0.39 is 18.4 Å². The number of aromatic carboxylic acids is 1. The lowest BCUT2D eigenvalue weighted by atomic mass is 9.75. The zero-order valence-corrected chi connectivity index (χ0v) is 11.0. The number of rotatable bonds is 3. The largest absolute Gasteiger partial charge is 0.509 e. The first-order chi connectivity index (χ1) is 9.30. The Morgan fingerprint density at radius 2 is 1.90 bits per heavy atom. The molecule has 0 bridgehead atoms. The van der Waals surface area contributed by atoms with Gasteiger partial charge in [0.2, 0.25) is 0 Å². The fourth-order valence-electron chi connectivity index (χ4n) is 2.39. The second-order valence-electron chi connectivity index (χ2n) is 4.82. The number of nitrogens with zero attached hydrogens (tertiary/aromatic N) is 1. The monoisotopic (exact) mass is 287 g/mol. The molecule has 0 radical (unpaired) electrons. The van der Waals surface area contributed by atoms with Gasteiger partial charge in [-0.1, -0.05) is 11.6 Å². The maximum atomic E-state index is 13.1. The van der Waals surface area contributed by atoms with Gasteiger partial charge in [0.05, 0.1) is 5.56 Å². The predicted molar refractivity (Wildman–Crippen MR) is 71.9 cm³/mol. The summed E-state index contributed by atoms with van der Waals surface area (Å²) in [5.74, 6) is -1.33. The van der Waals surface area contributed by atoms with E-state index in [4.69, 9.17) is 5.11 Å². The molecule has 8 heteroatoms. The SMILES string of the molecule is Cc1c(C(=O)O)cc(N2CCNCC2)cc1[B-](F)(F)F. The zero-order valence-electron chi connectivity index (χ0n) is 11.0. The molecular weight excluding hydrogens is 272 g/mol. The molecule has 1 fully saturated rings. The topological polar surface area (TPSA) is 52.6 Å². The molecule has 1 aliphatic rings. The third kappa shape index (κ3) is 2.90. The molecule has 0 unspecified atom stereocenters. The van der Waals surface area contributed by atoms with Crippen molar-refractivity contribution in [3.8, 4) is 0 Å². The van der Waals surface area contributed by atoms with Crippen LogP contribution in [0.1, 0.15) is 15.9 Å².